The molecule has 6 N–H and O–H groups in total. The average molecular weight is 819 g/mol. The van der Waals surface area contributed by atoms with E-state index in [1.54, 1.807) is 78.9 Å². The highest BCUT2D eigenvalue weighted by molar-refractivity contribution is 6.67. The van der Waals surface area contributed by atoms with Gasteiger partial charge in [-0.2, -0.15) is 0 Å². The van der Waals surface area contributed by atoms with Gasteiger partial charge in [-0.3, -0.25) is 45.2 Å². The quantitative estimate of drug-likeness (QED) is 0.0671. The zero-order chi connectivity index (χ0) is 38.6. The molecule has 0 radical (unpaired) electrons. The van der Waals surface area contributed by atoms with E-state index >= 15 is 0 Å². The molecular weight excluding hydrogens is 772 g/mol. The number of carbonyl (C=O) groups excluding carboxylic acids is 3. The third-order valence-electron chi connectivity index (χ3n) is 5.91. The Bertz CT molecular complexity index is 2100. The number of nitrogens with one attached hydrogen (secondary N) is 2. The van der Waals surface area contributed by atoms with Crippen molar-refractivity contribution >= 4 is 63.6 Å². The average Bonchev–Trinajstić information content (AvgIpc) is 3.18. The lowest BCUT2D eigenvalue weighted by Crippen LogP contribution is -2.13. The molecule has 20 heteroatoms. The smallest absolute Gasteiger partial charge is 0.305 e. The normalized spacial score (nSPS) is 8.71. The molecule has 0 aliphatic heterocycles. The van der Waals surface area contributed by atoms with Gasteiger partial charge in [0.1, 0.15) is 24.8 Å². The summed E-state index contributed by atoms with van der Waals surface area (Å²) in [6.45, 7) is 0. The van der Waals surface area contributed by atoms with Crippen LogP contribution in [0.4, 0.5) is 34.9 Å². The van der Waals surface area contributed by atoms with Crippen molar-refractivity contribution in [1.82, 2.24) is 29.9 Å². The van der Waals surface area contributed by atoms with E-state index in [1.165, 1.54) is 12.4 Å². The molecule has 6 aromatic rings. The fraction of sp³-hybridized carbons (Fsp3) is 0.132. The van der Waals surface area contributed by atoms with E-state index in [1.807, 2.05) is 12.1 Å². The van der Waals surface area contributed by atoms with Crippen molar-refractivity contribution in [3.63, 3.8) is 0 Å². The number of carbonyl (C=O) groups is 3. The van der Waals surface area contributed by atoms with Crippen LogP contribution in [0.15, 0.2) is 128 Å². The first-order chi connectivity index (χ1) is 25.4. The van der Waals surface area contributed by atoms with Gasteiger partial charge in [-0.1, -0.05) is 104 Å². The summed E-state index contributed by atoms with van der Waals surface area (Å²) in [7, 11) is 0. The van der Waals surface area contributed by atoms with Crippen LogP contribution in [0.25, 0.3) is 0 Å². The van der Waals surface area contributed by atoms with E-state index in [9.17, 15) is 34.6 Å². The Morgan fingerprint density at radius 2 is 0.793 bits per heavy atom. The third-order valence-corrected chi connectivity index (χ3v) is 6.13. The number of hydrogen-bond acceptors (Lipinski definition) is 15. The largest absolute Gasteiger partial charge is 0.396 e. The van der Waals surface area contributed by atoms with Crippen LogP contribution in [0, 0.1) is 20.2 Å². The maximum atomic E-state index is 11.7. The molecule has 0 bridgehead atoms. The molecular formula is C38H47ClN12O7. The van der Waals surface area contributed by atoms with Gasteiger partial charge in [-0.05, 0) is 35.9 Å². The Morgan fingerprint density at radius 3 is 1.09 bits per heavy atom. The fourth-order valence-electron chi connectivity index (χ4n) is 3.40. The van der Waals surface area contributed by atoms with Gasteiger partial charge in [0.05, 0.1) is 27.9 Å². The second kappa shape index (κ2) is 28.6. The van der Waals surface area contributed by atoms with Gasteiger partial charge in [0.25, 0.3) is 17.1 Å². The number of nitrogens with zero attached hydrogens (tertiary/aromatic N) is 8. The molecule has 0 aliphatic carbocycles. The first kappa shape index (κ1) is 54.5. The Hall–Kier alpha value is -7.80. The molecule has 19 nitrogen and oxygen atoms in total. The molecule has 308 valence electrons. The summed E-state index contributed by atoms with van der Waals surface area (Å²) < 4.78 is 0. The predicted octanol–water partition coefficient (Wildman–Crippen LogP) is 8.16. The number of benzene rings is 3. The number of hydrogen-bond donors (Lipinski definition) is 4. The van der Waals surface area contributed by atoms with Crippen molar-refractivity contribution in [1.29, 1.82) is 0 Å². The Labute approximate surface area is 341 Å². The van der Waals surface area contributed by atoms with Gasteiger partial charge in [-0.25, -0.2) is 29.9 Å². The van der Waals surface area contributed by atoms with Crippen LogP contribution in [0.2, 0.25) is 0 Å². The zero-order valence-electron chi connectivity index (χ0n) is 27.1. The monoisotopic (exact) mass is 818 g/mol. The minimum atomic E-state index is -0.608. The first-order valence-corrected chi connectivity index (χ1v) is 15.0. The van der Waals surface area contributed by atoms with Gasteiger partial charge in [-0.15, -0.1) is 0 Å². The molecule has 3 aromatic carbocycles. The van der Waals surface area contributed by atoms with Crippen LogP contribution in [0.3, 0.4) is 0 Å². The number of anilines is 4. The van der Waals surface area contributed by atoms with Crippen LogP contribution < -0.4 is 22.1 Å². The second-order valence-corrected chi connectivity index (χ2v) is 10.0. The van der Waals surface area contributed by atoms with E-state index in [2.05, 4.69) is 40.5 Å². The number of aromatic nitrogens is 6. The number of nitrogen functional groups attached to an aromatic ring is 2. The summed E-state index contributed by atoms with van der Waals surface area (Å²) in [4.78, 5) is 75.0. The minimum absolute atomic E-state index is 0. The van der Waals surface area contributed by atoms with Crippen molar-refractivity contribution in [2.24, 2.45) is 0 Å². The highest BCUT2D eigenvalue weighted by Crippen LogP contribution is 2.10. The van der Waals surface area contributed by atoms with Gasteiger partial charge < -0.3 is 11.5 Å². The summed E-state index contributed by atoms with van der Waals surface area (Å²) in [5, 5.41) is 25.0. The first-order valence-electron chi connectivity index (χ1n) is 14.7. The molecule has 0 fully saturated rings. The number of halogens is 1. The molecule has 0 saturated heterocycles. The SMILES string of the molecule is C.C.C.C.C.Nc1cnc(NC(=O)c2ccccc2)nc1.Nc1ncc([N+](=O)[O-])cn1.O=C(Cl)c1ccccc1.O=C(Nc1ncc([N+](=O)[O-])cn1)c1ccccc1. The molecule has 0 atom stereocenters. The van der Waals surface area contributed by atoms with Crippen molar-refractivity contribution in [2.45, 2.75) is 37.1 Å². The van der Waals surface area contributed by atoms with E-state index in [0.29, 0.717) is 22.4 Å². The molecule has 3 heterocycles. The molecule has 0 spiro atoms. The van der Waals surface area contributed by atoms with Crippen molar-refractivity contribution in [3.05, 3.63) is 165 Å². The summed E-state index contributed by atoms with van der Waals surface area (Å²) in [6, 6.07) is 26.1. The van der Waals surface area contributed by atoms with Crippen LogP contribution in [0.5, 0.6) is 0 Å². The van der Waals surface area contributed by atoms with Crippen LogP contribution >= 0.6 is 11.6 Å². The van der Waals surface area contributed by atoms with E-state index in [4.69, 9.17) is 23.1 Å². The van der Waals surface area contributed by atoms with Crippen molar-refractivity contribution < 1.29 is 24.2 Å². The molecule has 2 amide bonds. The van der Waals surface area contributed by atoms with E-state index < -0.39 is 15.1 Å². The zero-order valence-corrected chi connectivity index (χ0v) is 27.8. The van der Waals surface area contributed by atoms with E-state index in [0.717, 1.165) is 24.8 Å². The highest BCUT2D eigenvalue weighted by atomic mass is 35.5. The fourth-order valence-corrected chi connectivity index (χ4v) is 3.53. The lowest BCUT2D eigenvalue weighted by Gasteiger charge is -2.02. The number of nitrogens with two attached hydrogens (primary N) is 2. The summed E-state index contributed by atoms with van der Waals surface area (Å²) in [6.07, 6.45) is 7.06. The molecule has 0 unspecified atom stereocenters. The Balaban J connectivity index is -0.000000699. The maximum Gasteiger partial charge on any atom is 0.305 e. The topological polar surface area (TPSA) is 291 Å². The second-order valence-electron chi connectivity index (χ2n) is 9.70. The van der Waals surface area contributed by atoms with Crippen LogP contribution in [-0.4, -0.2) is 56.8 Å². The summed E-state index contributed by atoms with van der Waals surface area (Å²) >= 11 is 5.16. The molecule has 58 heavy (non-hydrogen) atoms. The van der Waals surface area contributed by atoms with E-state index in [-0.39, 0.29) is 78.2 Å². The van der Waals surface area contributed by atoms with Crippen molar-refractivity contribution in [2.75, 3.05) is 22.1 Å². The standard InChI is InChI=1S/C11H8N4O3.C11H10N4O.C7H5ClO.C4H4N4O2.5CH4/c16-10(8-4-2-1-3-5-8)14-11-12-6-9(7-13-11)15(17)18;12-9-6-13-11(14-7-9)15-10(16)8-4-2-1-3-5-8;8-7(9)6-4-2-1-3-5-6;5-4-6-1-3(2-7-4)8(9)10;;;;;/h1-7H,(H,12,13,14,16);1-7H,12H2,(H,13,14,15,16);1-5H;1-2H,(H2,5,6,7);5*1H4. The summed E-state index contributed by atoms with van der Waals surface area (Å²) in [5.41, 5.74) is 12.1. The molecule has 0 aliphatic rings. The van der Waals surface area contributed by atoms with Crippen LogP contribution in [-0.2, 0) is 0 Å². The van der Waals surface area contributed by atoms with Gasteiger partial charge in [0, 0.05) is 16.7 Å². The number of rotatable bonds is 7. The molecule has 0 saturated carbocycles. The predicted molar refractivity (Wildman–Crippen MR) is 227 cm³/mol. The lowest BCUT2D eigenvalue weighted by atomic mass is 10.2. The lowest BCUT2D eigenvalue weighted by molar-refractivity contribution is -0.385. The highest BCUT2D eigenvalue weighted by Gasteiger charge is 2.10. The Kier molecular flexibility index (Phi) is 26.9. The van der Waals surface area contributed by atoms with Gasteiger partial charge >= 0.3 is 11.4 Å². The van der Waals surface area contributed by atoms with Gasteiger partial charge in [0.15, 0.2) is 0 Å². The minimum Gasteiger partial charge on any atom is -0.396 e. The van der Waals surface area contributed by atoms with Crippen molar-refractivity contribution in [3.8, 4) is 0 Å². The summed E-state index contributed by atoms with van der Waals surface area (Å²) in [5.74, 6) is -0.321. The molecule has 6 rings (SSSR count). The van der Waals surface area contributed by atoms with Crippen LogP contribution in [0.1, 0.15) is 68.2 Å². The third kappa shape index (κ3) is 19.5. The maximum absolute atomic E-state index is 11.7. The Morgan fingerprint density at radius 1 is 0.500 bits per heavy atom. The number of nitro groups is 2. The van der Waals surface area contributed by atoms with Gasteiger partial charge in [0.2, 0.25) is 17.8 Å². The molecule has 3 aromatic heterocycles. The number of amides is 2.